The minimum absolute atomic E-state index is 0.236. The largest absolute Gasteiger partial charge is 0.235 e. The molecule has 0 saturated carbocycles. The van der Waals surface area contributed by atoms with E-state index in [0.717, 1.165) is 0 Å². The van der Waals surface area contributed by atoms with Gasteiger partial charge in [-0.05, 0) is 30.3 Å². The summed E-state index contributed by atoms with van der Waals surface area (Å²) in [7, 11) is 0. The lowest BCUT2D eigenvalue weighted by atomic mass is 10.1. The van der Waals surface area contributed by atoms with Gasteiger partial charge in [-0.15, -0.1) is 0 Å². The van der Waals surface area contributed by atoms with Gasteiger partial charge < -0.3 is 0 Å². The van der Waals surface area contributed by atoms with Gasteiger partial charge in [0, 0.05) is 16.7 Å². The molecule has 0 unspecified atom stereocenters. The molecule has 0 atom stereocenters. The number of pyridine rings is 1. The van der Waals surface area contributed by atoms with E-state index in [0.29, 0.717) is 42.5 Å². The van der Waals surface area contributed by atoms with Crippen molar-refractivity contribution in [3.63, 3.8) is 0 Å². The highest BCUT2D eigenvalue weighted by molar-refractivity contribution is 6.50. The molecule has 1 heterocycles. The molecule has 0 N–H and O–H groups in total. The number of rotatable bonds is 2. The number of benzene rings is 2. The van der Waals surface area contributed by atoms with Crippen LogP contribution in [0, 0.1) is 0 Å². The SMILES string of the molecule is Clc1ccc(-c2ccc(-c3ccc(Cl)c(Cl)c3Cl)c(Cl)n2)c(Cl)c1Cl. The Morgan fingerprint density at radius 3 is 1.52 bits per heavy atom. The second kappa shape index (κ2) is 7.70. The topological polar surface area (TPSA) is 12.9 Å². The molecule has 2 aromatic carbocycles. The lowest BCUT2D eigenvalue weighted by Crippen LogP contribution is -1.90. The molecule has 25 heavy (non-hydrogen) atoms. The Morgan fingerprint density at radius 1 is 0.480 bits per heavy atom. The van der Waals surface area contributed by atoms with Gasteiger partial charge in [-0.1, -0.05) is 87.3 Å². The Balaban J connectivity index is 2.12. The molecule has 0 bridgehead atoms. The number of aromatic nitrogens is 1. The van der Waals surface area contributed by atoms with E-state index in [1.54, 1.807) is 36.4 Å². The van der Waals surface area contributed by atoms with E-state index in [2.05, 4.69) is 4.98 Å². The molecule has 8 heteroatoms. The van der Waals surface area contributed by atoms with Crippen molar-refractivity contribution in [3.05, 3.63) is 71.7 Å². The van der Waals surface area contributed by atoms with Gasteiger partial charge in [0.2, 0.25) is 0 Å². The second-order valence-corrected chi connectivity index (χ2v) is 7.66. The van der Waals surface area contributed by atoms with Crippen molar-refractivity contribution < 1.29 is 0 Å². The molecular weight excluding hydrogens is 466 g/mol. The molecule has 0 spiro atoms. The molecule has 0 radical (unpaired) electrons. The maximum absolute atomic E-state index is 6.35. The van der Waals surface area contributed by atoms with Gasteiger partial charge in [0.15, 0.2) is 0 Å². The van der Waals surface area contributed by atoms with Crippen molar-refractivity contribution in [2.24, 2.45) is 0 Å². The van der Waals surface area contributed by atoms with E-state index in [-0.39, 0.29) is 15.2 Å². The van der Waals surface area contributed by atoms with Crippen LogP contribution in [0.2, 0.25) is 35.3 Å². The molecule has 1 nitrogen and oxygen atoms in total. The summed E-state index contributed by atoms with van der Waals surface area (Å²) in [5, 5.41) is 2.08. The highest BCUT2D eigenvalue weighted by Gasteiger charge is 2.16. The van der Waals surface area contributed by atoms with Crippen LogP contribution in [-0.4, -0.2) is 4.98 Å². The molecule has 0 aliphatic heterocycles. The first-order valence-corrected chi connectivity index (χ1v) is 9.40. The van der Waals surface area contributed by atoms with E-state index < -0.39 is 0 Å². The monoisotopic (exact) mass is 469 g/mol. The maximum atomic E-state index is 6.35. The Kier molecular flexibility index (Phi) is 5.97. The minimum atomic E-state index is 0.236. The van der Waals surface area contributed by atoms with Crippen LogP contribution in [0.25, 0.3) is 22.4 Å². The zero-order valence-electron chi connectivity index (χ0n) is 12.1. The number of nitrogens with zero attached hydrogens (tertiary/aromatic N) is 1. The molecule has 3 rings (SSSR count). The third-order valence-corrected chi connectivity index (χ3v) is 6.36. The van der Waals surface area contributed by atoms with Crippen LogP contribution in [0.4, 0.5) is 0 Å². The van der Waals surface area contributed by atoms with E-state index in [4.69, 9.17) is 81.2 Å². The summed E-state index contributed by atoms with van der Waals surface area (Å²) in [6.07, 6.45) is 0. The first-order valence-electron chi connectivity index (χ1n) is 6.75. The summed E-state index contributed by atoms with van der Waals surface area (Å²) >= 11 is 43.0. The first-order chi connectivity index (χ1) is 11.8. The second-order valence-electron chi connectivity index (χ2n) is 4.98. The fraction of sp³-hybridized carbons (Fsp3) is 0. The zero-order chi connectivity index (χ0) is 18.3. The predicted octanol–water partition coefficient (Wildman–Crippen LogP) is 8.99. The van der Waals surface area contributed by atoms with E-state index in [1.165, 1.54) is 0 Å². The van der Waals surface area contributed by atoms with Gasteiger partial charge in [0.25, 0.3) is 0 Å². The molecule has 1 aromatic heterocycles. The summed E-state index contributed by atoms with van der Waals surface area (Å²) in [4.78, 5) is 4.39. The Hall–Kier alpha value is -0.380. The van der Waals surface area contributed by atoms with Crippen LogP contribution < -0.4 is 0 Å². The molecule has 0 fully saturated rings. The number of halogens is 7. The average Bonchev–Trinajstić information content (AvgIpc) is 2.58. The average molecular weight is 472 g/mol. The van der Waals surface area contributed by atoms with E-state index in [9.17, 15) is 0 Å². The molecule has 0 saturated heterocycles. The smallest absolute Gasteiger partial charge is 0.137 e. The minimum Gasteiger partial charge on any atom is -0.235 e. The number of hydrogen-bond donors (Lipinski definition) is 0. The normalized spacial score (nSPS) is 11.0. The van der Waals surface area contributed by atoms with Crippen molar-refractivity contribution in [3.8, 4) is 22.4 Å². The fourth-order valence-corrected chi connectivity index (χ4v) is 3.77. The molecule has 128 valence electrons. The maximum Gasteiger partial charge on any atom is 0.137 e. The number of hydrogen-bond acceptors (Lipinski definition) is 1. The van der Waals surface area contributed by atoms with E-state index in [1.807, 2.05) is 0 Å². The summed E-state index contributed by atoms with van der Waals surface area (Å²) in [6.45, 7) is 0. The van der Waals surface area contributed by atoms with Crippen LogP contribution in [-0.2, 0) is 0 Å². The van der Waals surface area contributed by atoms with Gasteiger partial charge in [0.1, 0.15) is 5.15 Å². The Bertz CT molecular complexity index is 985. The van der Waals surface area contributed by atoms with Crippen LogP contribution in [0.5, 0.6) is 0 Å². The molecular formula is C17H6Cl7N. The van der Waals surface area contributed by atoms with Crippen molar-refractivity contribution in [1.82, 2.24) is 4.98 Å². The van der Waals surface area contributed by atoms with Crippen LogP contribution in [0.15, 0.2) is 36.4 Å². The lowest BCUT2D eigenvalue weighted by Gasteiger charge is -2.11. The van der Waals surface area contributed by atoms with Crippen LogP contribution >= 0.6 is 81.2 Å². The van der Waals surface area contributed by atoms with Gasteiger partial charge in [-0.2, -0.15) is 0 Å². The fourth-order valence-electron chi connectivity index (χ4n) is 2.24. The third kappa shape index (κ3) is 3.70. The quantitative estimate of drug-likeness (QED) is 0.268. The summed E-state index contributed by atoms with van der Waals surface area (Å²) < 4.78 is 0. The summed E-state index contributed by atoms with van der Waals surface area (Å²) in [6, 6.07) is 10.3. The third-order valence-electron chi connectivity index (χ3n) is 3.49. The summed E-state index contributed by atoms with van der Waals surface area (Å²) in [5.41, 5.74) is 2.41. The van der Waals surface area contributed by atoms with Crippen molar-refractivity contribution in [2.75, 3.05) is 0 Å². The Labute approximate surface area is 179 Å². The standard InChI is InChI=1S/C17H6Cl7N/c18-10-4-1-7(13(20)15(10)22)8-3-6-12(25-17(8)24)9-2-5-11(19)16(23)14(9)21/h1-6H. The first kappa shape index (κ1) is 19.4. The van der Waals surface area contributed by atoms with Crippen molar-refractivity contribution >= 4 is 81.2 Å². The predicted molar refractivity (Wildman–Crippen MR) is 110 cm³/mol. The van der Waals surface area contributed by atoms with Crippen molar-refractivity contribution in [2.45, 2.75) is 0 Å². The van der Waals surface area contributed by atoms with Crippen LogP contribution in [0.3, 0.4) is 0 Å². The molecule has 0 amide bonds. The van der Waals surface area contributed by atoms with Gasteiger partial charge in [-0.25, -0.2) is 4.98 Å². The molecule has 3 aromatic rings. The lowest BCUT2D eigenvalue weighted by molar-refractivity contribution is 1.32. The highest BCUT2D eigenvalue weighted by Crippen LogP contribution is 2.42. The van der Waals surface area contributed by atoms with Gasteiger partial charge in [-0.3, -0.25) is 0 Å². The molecule has 0 aliphatic rings. The van der Waals surface area contributed by atoms with E-state index >= 15 is 0 Å². The Morgan fingerprint density at radius 2 is 0.960 bits per heavy atom. The van der Waals surface area contributed by atoms with Crippen LogP contribution in [0.1, 0.15) is 0 Å². The summed E-state index contributed by atoms with van der Waals surface area (Å²) in [5.74, 6) is 0. The molecule has 0 aliphatic carbocycles. The van der Waals surface area contributed by atoms with Crippen molar-refractivity contribution in [1.29, 1.82) is 0 Å². The van der Waals surface area contributed by atoms with Gasteiger partial charge in [0.05, 0.1) is 35.8 Å². The van der Waals surface area contributed by atoms with Gasteiger partial charge >= 0.3 is 0 Å². The highest BCUT2D eigenvalue weighted by atomic mass is 35.5. The zero-order valence-corrected chi connectivity index (χ0v) is 17.3.